The molecule has 1 heterocycles. The van der Waals surface area contributed by atoms with Gasteiger partial charge in [0.25, 0.3) is 0 Å². The predicted octanol–water partition coefficient (Wildman–Crippen LogP) is 3.36. The molecule has 1 fully saturated rings. The highest BCUT2D eigenvalue weighted by atomic mass is 79.9. The maximum absolute atomic E-state index is 5.76. The van der Waals surface area contributed by atoms with Crippen LogP contribution in [0.4, 0.5) is 5.69 Å². The zero-order valence-electron chi connectivity index (χ0n) is 10.3. The molecule has 0 aliphatic carbocycles. The third-order valence-corrected chi connectivity index (χ3v) is 4.93. The van der Waals surface area contributed by atoms with Gasteiger partial charge in [0.05, 0.1) is 0 Å². The normalized spacial score (nSPS) is 26.1. The van der Waals surface area contributed by atoms with Crippen LogP contribution in [0.2, 0.25) is 0 Å². The molecule has 1 aromatic carbocycles. The summed E-state index contributed by atoms with van der Waals surface area (Å²) in [6.07, 6.45) is 0. The summed E-state index contributed by atoms with van der Waals surface area (Å²) >= 11 is 5.68. The van der Waals surface area contributed by atoms with E-state index >= 15 is 0 Å². The highest BCUT2D eigenvalue weighted by Gasteiger charge is 2.22. The molecule has 2 unspecified atom stereocenters. The summed E-state index contributed by atoms with van der Waals surface area (Å²) in [4.78, 5) is 2.53. The highest BCUT2D eigenvalue weighted by molar-refractivity contribution is 9.10. The molecule has 1 aliphatic heterocycles. The van der Waals surface area contributed by atoms with Crippen LogP contribution < -0.4 is 5.73 Å². The average molecular weight is 315 g/mol. The van der Waals surface area contributed by atoms with Crippen molar-refractivity contribution in [3.63, 3.8) is 0 Å². The summed E-state index contributed by atoms with van der Waals surface area (Å²) in [5, 5.41) is 1.46. The number of anilines is 1. The third kappa shape index (κ3) is 3.63. The van der Waals surface area contributed by atoms with Crippen molar-refractivity contribution in [3.8, 4) is 0 Å². The summed E-state index contributed by atoms with van der Waals surface area (Å²) in [6, 6.07) is 6.09. The largest absolute Gasteiger partial charge is 0.399 e. The molecule has 0 amide bonds. The van der Waals surface area contributed by atoms with E-state index in [9.17, 15) is 0 Å². The Balaban J connectivity index is 2.04. The molecular formula is C13H19BrN2S. The van der Waals surface area contributed by atoms with E-state index in [-0.39, 0.29) is 0 Å². The van der Waals surface area contributed by atoms with Crippen LogP contribution in [-0.2, 0) is 6.54 Å². The minimum Gasteiger partial charge on any atom is -0.399 e. The second kappa shape index (κ2) is 5.63. The molecule has 0 spiro atoms. The minimum absolute atomic E-state index is 0.728. The fourth-order valence-electron chi connectivity index (χ4n) is 2.35. The Morgan fingerprint density at radius 1 is 1.35 bits per heavy atom. The first-order chi connectivity index (χ1) is 8.04. The first kappa shape index (κ1) is 13.2. The summed E-state index contributed by atoms with van der Waals surface area (Å²) in [7, 11) is 0. The molecule has 2 rings (SSSR count). The third-order valence-electron chi connectivity index (χ3n) is 2.97. The van der Waals surface area contributed by atoms with Gasteiger partial charge in [0.1, 0.15) is 0 Å². The number of rotatable bonds is 2. The van der Waals surface area contributed by atoms with E-state index < -0.39 is 0 Å². The van der Waals surface area contributed by atoms with Gasteiger partial charge >= 0.3 is 0 Å². The monoisotopic (exact) mass is 314 g/mol. The number of nitrogens with zero attached hydrogens (tertiary/aromatic N) is 1. The molecule has 1 saturated heterocycles. The van der Waals surface area contributed by atoms with Gasteiger partial charge in [-0.2, -0.15) is 11.8 Å². The molecule has 1 aliphatic rings. The average Bonchev–Trinajstić information content (AvgIpc) is 2.21. The zero-order valence-corrected chi connectivity index (χ0v) is 12.7. The molecule has 2 nitrogen and oxygen atoms in total. The van der Waals surface area contributed by atoms with E-state index in [1.54, 1.807) is 0 Å². The van der Waals surface area contributed by atoms with Gasteiger partial charge in [-0.1, -0.05) is 35.8 Å². The summed E-state index contributed by atoms with van der Waals surface area (Å²) < 4.78 is 1.12. The van der Waals surface area contributed by atoms with Gasteiger partial charge in [-0.15, -0.1) is 0 Å². The van der Waals surface area contributed by atoms with Crippen LogP contribution in [0.1, 0.15) is 19.4 Å². The lowest BCUT2D eigenvalue weighted by Crippen LogP contribution is -2.39. The first-order valence-corrected chi connectivity index (χ1v) is 7.70. The van der Waals surface area contributed by atoms with Crippen molar-refractivity contribution in [1.29, 1.82) is 0 Å². The molecule has 94 valence electrons. The molecule has 0 radical (unpaired) electrons. The lowest BCUT2D eigenvalue weighted by molar-refractivity contribution is 0.262. The minimum atomic E-state index is 0.728. The lowest BCUT2D eigenvalue weighted by Gasteiger charge is -2.34. The number of hydrogen-bond acceptors (Lipinski definition) is 3. The topological polar surface area (TPSA) is 29.3 Å². The zero-order chi connectivity index (χ0) is 12.4. The van der Waals surface area contributed by atoms with Gasteiger partial charge < -0.3 is 5.73 Å². The Morgan fingerprint density at radius 3 is 2.59 bits per heavy atom. The van der Waals surface area contributed by atoms with E-state index in [0.29, 0.717) is 0 Å². The van der Waals surface area contributed by atoms with Gasteiger partial charge in [0.2, 0.25) is 0 Å². The van der Waals surface area contributed by atoms with Crippen LogP contribution in [0.25, 0.3) is 0 Å². The molecule has 17 heavy (non-hydrogen) atoms. The van der Waals surface area contributed by atoms with E-state index in [1.165, 1.54) is 18.7 Å². The molecule has 0 saturated carbocycles. The van der Waals surface area contributed by atoms with E-state index in [2.05, 4.69) is 52.5 Å². The van der Waals surface area contributed by atoms with Crippen molar-refractivity contribution in [1.82, 2.24) is 4.90 Å². The molecule has 1 aromatic rings. The van der Waals surface area contributed by atoms with Crippen molar-refractivity contribution < 1.29 is 0 Å². The lowest BCUT2D eigenvalue weighted by atomic mass is 10.2. The number of hydrogen-bond donors (Lipinski definition) is 1. The van der Waals surface area contributed by atoms with Gasteiger partial charge in [0, 0.05) is 40.3 Å². The van der Waals surface area contributed by atoms with Crippen molar-refractivity contribution >= 4 is 33.4 Å². The van der Waals surface area contributed by atoms with Crippen LogP contribution in [0, 0.1) is 0 Å². The second-order valence-electron chi connectivity index (χ2n) is 4.80. The Labute approximate surface area is 116 Å². The van der Waals surface area contributed by atoms with Gasteiger partial charge in [-0.3, -0.25) is 4.90 Å². The first-order valence-electron chi connectivity index (χ1n) is 5.96. The fraction of sp³-hybridized carbons (Fsp3) is 0.538. The number of benzene rings is 1. The smallest absolute Gasteiger partial charge is 0.0325 e. The van der Waals surface area contributed by atoms with Crippen molar-refractivity contribution in [2.45, 2.75) is 30.9 Å². The molecule has 0 aromatic heterocycles. The Morgan fingerprint density at radius 2 is 2.00 bits per heavy atom. The number of nitrogen functional groups attached to an aromatic ring is 1. The summed E-state index contributed by atoms with van der Waals surface area (Å²) in [5.41, 5.74) is 7.90. The number of thioether (sulfide) groups is 1. The molecule has 4 heteroatoms. The maximum Gasteiger partial charge on any atom is 0.0325 e. The molecule has 2 N–H and O–H groups in total. The summed E-state index contributed by atoms with van der Waals surface area (Å²) in [6.45, 7) is 7.98. The second-order valence-corrected chi connectivity index (χ2v) is 7.54. The summed E-state index contributed by atoms with van der Waals surface area (Å²) in [5.74, 6) is 0. The highest BCUT2D eigenvalue weighted by Crippen LogP contribution is 2.27. The number of nitrogens with two attached hydrogens (primary N) is 1. The van der Waals surface area contributed by atoms with E-state index in [1.807, 2.05) is 12.1 Å². The van der Waals surface area contributed by atoms with Crippen molar-refractivity contribution in [2.24, 2.45) is 0 Å². The van der Waals surface area contributed by atoms with Crippen LogP contribution in [0.5, 0.6) is 0 Å². The Kier molecular flexibility index (Phi) is 4.39. The van der Waals surface area contributed by atoms with E-state index in [0.717, 1.165) is 27.2 Å². The SMILES string of the molecule is CC1CN(Cc2ccc(N)cc2Br)CC(C)S1. The quantitative estimate of drug-likeness (QED) is 0.849. The van der Waals surface area contributed by atoms with Gasteiger partial charge in [0.15, 0.2) is 0 Å². The maximum atomic E-state index is 5.76. The fourth-order valence-corrected chi connectivity index (χ4v) is 4.25. The molecular weight excluding hydrogens is 296 g/mol. The van der Waals surface area contributed by atoms with Crippen LogP contribution in [-0.4, -0.2) is 28.5 Å². The molecule has 0 bridgehead atoms. The van der Waals surface area contributed by atoms with E-state index in [4.69, 9.17) is 5.73 Å². The Bertz CT molecular complexity index is 387. The predicted molar refractivity (Wildman–Crippen MR) is 80.3 cm³/mol. The van der Waals surface area contributed by atoms with Gasteiger partial charge in [-0.05, 0) is 17.7 Å². The standard InChI is InChI=1S/C13H19BrN2S/c1-9-6-16(7-10(2)17-9)8-11-3-4-12(15)5-13(11)14/h3-5,9-10H,6-8,15H2,1-2H3. The van der Waals surface area contributed by atoms with Crippen LogP contribution in [0.3, 0.4) is 0 Å². The van der Waals surface area contributed by atoms with Crippen LogP contribution in [0.15, 0.2) is 22.7 Å². The van der Waals surface area contributed by atoms with Crippen molar-refractivity contribution in [2.75, 3.05) is 18.8 Å². The van der Waals surface area contributed by atoms with Crippen LogP contribution >= 0.6 is 27.7 Å². The Hall–Kier alpha value is -0.190. The van der Waals surface area contributed by atoms with Crippen molar-refractivity contribution in [3.05, 3.63) is 28.2 Å². The molecule has 2 atom stereocenters. The number of halogens is 1. The van der Waals surface area contributed by atoms with Gasteiger partial charge in [-0.25, -0.2) is 0 Å².